The molecule has 1 N–H and O–H groups in total. The number of hydrogen-bond acceptors (Lipinski definition) is 3. The third-order valence-corrected chi connectivity index (χ3v) is 3.69. The molecule has 1 aliphatic carbocycles. The maximum Gasteiger partial charge on any atom is 0.322 e. The normalized spacial score (nSPS) is 24.2. The molecule has 3 heteroatoms. The molecular formula is C15H21NO2. The van der Waals surface area contributed by atoms with Crippen molar-refractivity contribution in [2.75, 3.05) is 7.11 Å². The van der Waals surface area contributed by atoms with Gasteiger partial charge in [-0.2, -0.15) is 0 Å². The molecule has 0 heterocycles. The summed E-state index contributed by atoms with van der Waals surface area (Å²) >= 11 is 0. The Morgan fingerprint density at radius 2 is 2.17 bits per heavy atom. The maximum atomic E-state index is 11.3. The molecule has 18 heavy (non-hydrogen) atoms. The molecule has 0 bridgehead atoms. The predicted octanol–water partition coefficient (Wildman–Crippen LogP) is 2.39. The lowest BCUT2D eigenvalue weighted by Crippen LogP contribution is -2.47. The molecule has 2 rings (SSSR count). The summed E-state index contributed by atoms with van der Waals surface area (Å²) in [4.78, 5) is 11.3. The molecule has 1 atom stereocenters. The van der Waals surface area contributed by atoms with Crippen LogP contribution in [0.15, 0.2) is 24.3 Å². The molecule has 0 saturated heterocycles. The van der Waals surface area contributed by atoms with Crippen LogP contribution in [-0.4, -0.2) is 25.2 Å². The van der Waals surface area contributed by atoms with E-state index in [4.69, 9.17) is 4.74 Å². The van der Waals surface area contributed by atoms with Crippen molar-refractivity contribution in [1.29, 1.82) is 0 Å². The summed E-state index contributed by atoms with van der Waals surface area (Å²) in [6, 6.07) is 8.91. The van der Waals surface area contributed by atoms with Gasteiger partial charge in [-0.05, 0) is 38.2 Å². The van der Waals surface area contributed by atoms with E-state index in [-0.39, 0.29) is 12.0 Å². The second-order valence-corrected chi connectivity index (χ2v) is 5.19. The molecule has 0 radical (unpaired) electrons. The van der Waals surface area contributed by atoms with Gasteiger partial charge in [-0.25, -0.2) is 0 Å². The highest BCUT2D eigenvalue weighted by Crippen LogP contribution is 2.37. The number of aryl methyl sites for hydroxylation is 1. The van der Waals surface area contributed by atoms with E-state index in [9.17, 15) is 4.79 Å². The summed E-state index contributed by atoms with van der Waals surface area (Å²) in [5.74, 6) is 0.446. The van der Waals surface area contributed by atoms with Gasteiger partial charge in [0.15, 0.2) is 0 Å². The van der Waals surface area contributed by atoms with Crippen LogP contribution in [0.25, 0.3) is 0 Å². The highest BCUT2D eigenvalue weighted by molar-refractivity contribution is 5.75. The van der Waals surface area contributed by atoms with Gasteiger partial charge in [0.25, 0.3) is 0 Å². The first-order valence-electron chi connectivity index (χ1n) is 6.50. The van der Waals surface area contributed by atoms with Gasteiger partial charge in [-0.1, -0.05) is 29.8 Å². The molecule has 1 aliphatic rings. The third-order valence-electron chi connectivity index (χ3n) is 3.69. The number of nitrogens with one attached hydrogen (secondary N) is 1. The first kappa shape index (κ1) is 13.1. The smallest absolute Gasteiger partial charge is 0.322 e. The number of hydrogen-bond donors (Lipinski definition) is 1. The SMILES string of the molecule is COC(=O)[C@H](C)NC1CC(c2cccc(C)c2)C1. The Labute approximate surface area is 109 Å². The van der Waals surface area contributed by atoms with Crippen LogP contribution in [0.2, 0.25) is 0 Å². The Kier molecular flexibility index (Phi) is 4.02. The van der Waals surface area contributed by atoms with Gasteiger partial charge in [-0.3, -0.25) is 4.79 Å². The monoisotopic (exact) mass is 247 g/mol. The fraction of sp³-hybridized carbons (Fsp3) is 0.533. The van der Waals surface area contributed by atoms with Gasteiger partial charge in [-0.15, -0.1) is 0 Å². The lowest BCUT2D eigenvalue weighted by molar-refractivity contribution is -0.143. The molecule has 0 spiro atoms. The van der Waals surface area contributed by atoms with Gasteiger partial charge >= 0.3 is 5.97 Å². The first-order chi connectivity index (χ1) is 8.60. The van der Waals surface area contributed by atoms with Crippen LogP contribution >= 0.6 is 0 Å². The van der Waals surface area contributed by atoms with Crippen LogP contribution in [0.4, 0.5) is 0 Å². The van der Waals surface area contributed by atoms with Gasteiger partial charge in [0.1, 0.15) is 6.04 Å². The summed E-state index contributed by atoms with van der Waals surface area (Å²) in [6.07, 6.45) is 2.20. The van der Waals surface area contributed by atoms with E-state index >= 15 is 0 Å². The minimum Gasteiger partial charge on any atom is -0.468 e. The summed E-state index contributed by atoms with van der Waals surface area (Å²) < 4.78 is 4.71. The van der Waals surface area contributed by atoms with E-state index < -0.39 is 0 Å². The summed E-state index contributed by atoms with van der Waals surface area (Å²) in [5, 5.41) is 3.31. The molecule has 1 aromatic rings. The molecule has 1 aromatic carbocycles. The van der Waals surface area contributed by atoms with Crippen molar-refractivity contribution in [3.05, 3.63) is 35.4 Å². The minimum absolute atomic E-state index is 0.186. The average Bonchev–Trinajstić information content (AvgIpc) is 2.31. The van der Waals surface area contributed by atoms with E-state index in [0.717, 1.165) is 12.8 Å². The van der Waals surface area contributed by atoms with Crippen LogP contribution in [0.3, 0.4) is 0 Å². The maximum absolute atomic E-state index is 11.3. The summed E-state index contributed by atoms with van der Waals surface area (Å²) in [7, 11) is 1.43. The fourth-order valence-electron chi connectivity index (χ4n) is 2.55. The van der Waals surface area contributed by atoms with Crippen molar-refractivity contribution in [2.45, 2.75) is 44.7 Å². The zero-order valence-electron chi connectivity index (χ0n) is 11.3. The highest BCUT2D eigenvalue weighted by Gasteiger charge is 2.32. The zero-order chi connectivity index (χ0) is 13.1. The van der Waals surface area contributed by atoms with E-state index in [1.807, 2.05) is 6.92 Å². The van der Waals surface area contributed by atoms with Crippen LogP contribution in [0, 0.1) is 6.92 Å². The number of benzene rings is 1. The van der Waals surface area contributed by atoms with Crippen molar-refractivity contribution < 1.29 is 9.53 Å². The summed E-state index contributed by atoms with van der Waals surface area (Å²) in [5.41, 5.74) is 2.73. The van der Waals surface area contributed by atoms with E-state index in [1.165, 1.54) is 18.2 Å². The van der Waals surface area contributed by atoms with E-state index in [1.54, 1.807) is 0 Å². The largest absolute Gasteiger partial charge is 0.468 e. The Morgan fingerprint density at radius 1 is 1.44 bits per heavy atom. The molecule has 1 fully saturated rings. The second kappa shape index (κ2) is 5.53. The Morgan fingerprint density at radius 3 is 2.78 bits per heavy atom. The number of esters is 1. The van der Waals surface area contributed by atoms with Crippen LogP contribution in [0.5, 0.6) is 0 Å². The zero-order valence-corrected chi connectivity index (χ0v) is 11.3. The standard InChI is InChI=1S/C15H21NO2/c1-10-5-4-6-12(7-10)13-8-14(9-13)16-11(2)15(17)18-3/h4-7,11,13-14,16H,8-9H2,1-3H3/t11-,13?,14?/m0/s1. The molecule has 0 aliphatic heterocycles. The van der Waals surface area contributed by atoms with Gasteiger partial charge < -0.3 is 10.1 Å². The van der Waals surface area contributed by atoms with Crippen molar-refractivity contribution in [3.8, 4) is 0 Å². The molecule has 1 saturated carbocycles. The number of rotatable bonds is 4. The summed E-state index contributed by atoms with van der Waals surface area (Å²) in [6.45, 7) is 3.98. The molecule has 0 unspecified atom stereocenters. The number of ether oxygens (including phenoxy) is 1. The van der Waals surface area contributed by atoms with Crippen LogP contribution in [-0.2, 0) is 9.53 Å². The lowest BCUT2D eigenvalue weighted by Gasteiger charge is -2.37. The minimum atomic E-state index is -0.210. The fourth-order valence-corrected chi connectivity index (χ4v) is 2.55. The van der Waals surface area contributed by atoms with Gasteiger partial charge in [0.2, 0.25) is 0 Å². The second-order valence-electron chi connectivity index (χ2n) is 5.19. The number of carbonyl (C=O) groups is 1. The van der Waals surface area contributed by atoms with Gasteiger partial charge in [0, 0.05) is 6.04 Å². The van der Waals surface area contributed by atoms with Crippen molar-refractivity contribution >= 4 is 5.97 Å². The number of methoxy groups -OCH3 is 1. The van der Waals surface area contributed by atoms with Crippen LogP contribution < -0.4 is 5.32 Å². The third kappa shape index (κ3) is 2.91. The van der Waals surface area contributed by atoms with E-state index in [0.29, 0.717) is 12.0 Å². The van der Waals surface area contributed by atoms with Crippen LogP contribution in [0.1, 0.15) is 36.8 Å². The van der Waals surface area contributed by atoms with Crippen molar-refractivity contribution in [2.24, 2.45) is 0 Å². The lowest BCUT2D eigenvalue weighted by atomic mass is 9.75. The van der Waals surface area contributed by atoms with Crippen molar-refractivity contribution in [3.63, 3.8) is 0 Å². The van der Waals surface area contributed by atoms with Gasteiger partial charge in [0.05, 0.1) is 7.11 Å². The molecule has 98 valence electrons. The quantitative estimate of drug-likeness (QED) is 0.830. The molecule has 0 aromatic heterocycles. The number of carbonyl (C=O) groups excluding carboxylic acids is 1. The molecular weight excluding hydrogens is 226 g/mol. The molecule has 0 amide bonds. The predicted molar refractivity (Wildman–Crippen MR) is 71.6 cm³/mol. The Hall–Kier alpha value is -1.35. The first-order valence-corrected chi connectivity index (χ1v) is 6.50. The Bertz CT molecular complexity index is 424. The van der Waals surface area contributed by atoms with E-state index in [2.05, 4.69) is 36.5 Å². The average molecular weight is 247 g/mol. The highest BCUT2D eigenvalue weighted by atomic mass is 16.5. The Balaban J connectivity index is 1.82. The topological polar surface area (TPSA) is 38.3 Å². The van der Waals surface area contributed by atoms with Crippen molar-refractivity contribution in [1.82, 2.24) is 5.32 Å². The molecule has 3 nitrogen and oxygen atoms in total.